The Labute approximate surface area is 63.5 Å². The van der Waals surface area contributed by atoms with Gasteiger partial charge in [-0.2, -0.15) is 0 Å². The number of hydrogen-bond donors (Lipinski definition) is 4. The van der Waals surface area contributed by atoms with E-state index >= 15 is 0 Å². The topological polar surface area (TPSA) is 118 Å². The number of primary amides is 1. The third-order valence-corrected chi connectivity index (χ3v) is 1.05. The Hall–Kier alpha value is -1.14. The zero-order valence-electron chi connectivity index (χ0n) is 5.91. The molecule has 0 saturated heterocycles. The van der Waals surface area contributed by atoms with Gasteiger partial charge in [0, 0.05) is 0 Å². The van der Waals surface area contributed by atoms with E-state index in [1.807, 2.05) is 0 Å². The van der Waals surface area contributed by atoms with Crippen LogP contribution in [0.25, 0.3) is 0 Å². The molecule has 6 heteroatoms. The first kappa shape index (κ1) is 9.86. The lowest BCUT2D eigenvalue weighted by molar-refractivity contribution is -0.127. The number of carbonyl (C=O) groups excluding carboxylic acids is 2. The first-order chi connectivity index (χ1) is 5.11. The maximum atomic E-state index is 10.5. The van der Waals surface area contributed by atoms with Crippen LogP contribution in [0.15, 0.2) is 0 Å². The molecule has 0 heterocycles. The number of hydrogen-bond acceptors (Lipinski definition) is 4. The Morgan fingerprint density at radius 1 is 1.55 bits per heavy atom. The quantitative estimate of drug-likeness (QED) is 0.349. The molecular weight excluding hydrogens is 150 g/mol. The molecule has 0 bridgehead atoms. The molecule has 0 unspecified atom stereocenters. The maximum Gasteiger partial charge on any atom is 0.242 e. The molecule has 2 amide bonds. The van der Waals surface area contributed by atoms with Crippen LogP contribution in [0.4, 0.5) is 0 Å². The molecule has 1 atom stereocenters. The average Bonchev–Trinajstić information content (AvgIpc) is 1.99. The van der Waals surface area contributed by atoms with Crippen LogP contribution >= 0.6 is 0 Å². The normalized spacial score (nSPS) is 12.2. The molecule has 0 fully saturated rings. The zero-order chi connectivity index (χ0) is 8.85. The minimum absolute atomic E-state index is 0.232. The Kier molecular flexibility index (Phi) is 4.16. The Bertz CT molecular complexity index is 159. The van der Waals surface area contributed by atoms with E-state index in [0.29, 0.717) is 0 Å². The van der Waals surface area contributed by atoms with Crippen LogP contribution in [0, 0.1) is 0 Å². The molecule has 0 spiro atoms. The molecule has 0 aliphatic rings. The minimum atomic E-state index is -1.04. The van der Waals surface area contributed by atoms with Gasteiger partial charge in [-0.05, 0) is 0 Å². The minimum Gasteiger partial charge on any atom is -0.394 e. The lowest BCUT2D eigenvalue weighted by Gasteiger charge is -2.10. The number of rotatable bonds is 4. The number of aliphatic hydroxyl groups excluding tert-OH is 1. The van der Waals surface area contributed by atoms with Crippen molar-refractivity contribution in [2.75, 3.05) is 13.2 Å². The van der Waals surface area contributed by atoms with Crippen molar-refractivity contribution in [2.45, 2.75) is 6.04 Å². The molecule has 0 rings (SSSR count). The zero-order valence-corrected chi connectivity index (χ0v) is 5.91. The van der Waals surface area contributed by atoms with Crippen LogP contribution < -0.4 is 16.8 Å². The fourth-order valence-corrected chi connectivity index (χ4v) is 0.460. The highest BCUT2D eigenvalue weighted by atomic mass is 16.3. The van der Waals surface area contributed by atoms with E-state index in [-0.39, 0.29) is 6.54 Å². The van der Waals surface area contributed by atoms with Crippen LogP contribution in [0.3, 0.4) is 0 Å². The van der Waals surface area contributed by atoms with Gasteiger partial charge in [0.2, 0.25) is 11.8 Å². The van der Waals surface area contributed by atoms with E-state index < -0.39 is 24.5 Å². The number of carbonyl (C=O) groups is 2. The standard InChI is InChI=1S/C5H11N3O3/c6-1-4(10)8-3(2-9)5(7)11/h3,9H,1-2,6H2,(H2,7,11)(H,8,10)/t3-/m0/s1. The van der Waals surface area contributed by atoms with Gasteiger partial charge >= 0.3 is 0 Å². The third-order valence-electron chi connectivity index (χ3n) is 1.05. The molecule has 0 saturated carbocycles. The smallest absolute Gasteiger partial charge is 0.242 e. The monoisotopic (exact) mass is 161 g/mol. The molecule has 0 aromatic rings. The fraction of sp³-hybridized carbons (Fsp3) is 0.600. The predicted octanol–water partition coefficient (Wildman–Crippen LogP) is -3.09. The van der Waals surface area contributed by atoms with Crippen molar-refractivity contribution in [1.82, 2.24) is 5.32 Å². The van der Waals surface area contributed by atoms with Crippen molar-refractivity contribution in [1.29, 1.82) is 0 Å². The molecule has 6 nitrogen and oxygen atoms in total. The van der Waals surface area contributed by atoms with Crippen LogP contribution in [0.2, 0.25) is 0 Å². The van der Waals surface area contributed by atoms with E-state index in [4.69, 9.17) is 16.6 Å². The molecule has 0 aromatic heterocycles. The van der Waals surface area contributed by atoms with Gasteiger partial charge in [-0.15, -0.1) is 0 Å². The van der Waals surface area contributed by atoms with Crippen LogP contribution in [-0.2, 0) is 9.59 Å². The third kappa shape index (κ3) is 3.54. The fourth-order valence-electron chi connectivity index (χ4n) is 0.460. The average molecular weight is 161 g/mol. The van der Waals surface area contributed by atoms with Crippen molar-refractivity contribution < 1.29 is 14.7 Å². The van der Waals surface area contributed by atoms with Gasteiger partial charge in [0.15, 0.2) is 0 Å². The van der Waals surface area contributed by atoms with Gasteiger partial charge in [-0.25, -0.2) is 0 Å². The van der Waals surface area contributed by atoms with Crippen LogP contribution in [0.5, 0.6) is 0 Å². The molecule has 6 N–H and O–H groups in total. The molecule has 11 heavy (non-hydrogen) atoms. The molecule has 64 valence electrons. The summed E-state index contributed by atoms with van der Waals surface area (Å²) >= 11 is 0. The van der Waals surface area contributed by atoms with E-state index in [1.54, 1.807) is 0 Å². The molecule has 0 radical (unpaired) electrons. The highest BCUT2D eigenvalue weighted by Crippen LogP contribution is 1.78. The van der Waals surface area contributed by atoms with Crippen molar-refractivity contribution in [3.8, 4) is 0 Å². The van der Waals surface area contributed by atoms with Gasteiger partial charge < -0.3 is 21.9 Å². The number of amides is 2. The maximum absolute atomic E-state index is 10.5. The number of nitrogens with one attached hydrogen (secondary N) is 1. The molecule has 0 aliphatic carbocycles. The van der Waals surface area contributed by atoms with E-state index in [0.717, 1.165) is 0 Å². The summed E-state index contributed by atoms with van der Waals surface area (Å²) in [7, 11) is 0. The van der Waals surface area contributed by atoms with E-state index in [1.165, 1.54) is 0 Å². The summed E-state index contributed by atoms with van der Waals surface area (Å²) in [6, 6.07) is -1.04. The summed E-state index contributed by atoms with van der Waals surface area (Å²) in [5.41, 5.74) is 9.73. The lowest BCUT2D eigenvalue weighted by atomic mass is 10.3. The Morgan fingerprint density at radius 3 is 2.36 bits per heavy atom. The largest absolute Gasteiger partial charge is 0.394 e. The highest BCUT2D eigenvalue weighted by molar-refractivity contribution is 5.87. The Morgan fingerprint density at radius 2 is 2.09 bits per heavy atom. The van der Waals surface area contributed by atoms with E-state index in [9.17, 15) is 9.59 Å². The van der Waals surface area contributed by atoms with Crippen molar-refractivity contribution in [2.24, 2.45) is 11.5 Å². The summed E-state index contributed by atoms with van der Waals surface area (Å²) < 4.78 is 0. The SMILES string of the molecule is NCC(=O)N[C@@H](CO)C(N)=O. The summed E-state index contributed by atoms with van der Waals surface area (Å²) in [5, 5.41) is 10.6. The molecule has 0 aromatic carbocycles. The second-order valence-electron chi connectivity index (χ2n) is 1.91. The lowest BCUT2D eigenvalue weighted by Crippen LogP contribution is -2.48. The number of aliphatic hydroxyl groups is 1. The first-order valence-electron chi connectivity index (χ1n) is 3.01. The summed E-state index contributed by atoms with van der Waals surface area (Å²) in [5.74, 6) is -1.31. The highest BCUT2D eigenvalue weighted by Gasteiger charge is 2.14. The van der Waals surface area contributed by atoms with Gasteiger partial charge in [-0.3, -0.25) is 9.59 Å². The summed E-state index contributed by atoms with van der Waals surface area (Å²) in [4.78, 5) is 20.9. The Balaban J connectivity index is 3.88. The van der Waals surface area contributed by atoms with Crippen molar-refractivity contribution in [3.63, 3.8) is 0 Å². The predicted molar refractivity (Wildman–Crippen MR) is 37.3 cm³/mol. The van der Waals surface area contributed by atoms with Crippen molar-refractivity contribution in [3.05, 3.63) is 0 Å². The summed E-state index contributed by atoms with van der Waals surface area (Å²) in [6.07, 6.45) is 0. The van der Waals surface area contributed by atoms with Gasteiger partial charge in [0.1, 0.15) is 6.04 Å². The van der Waals surface area contributed by atoms with Gasteiger partial charge in [0.05, 0.1) is 13.2 Å². The summed E-state index contributed by atoms with van der Waals surface area (Å²) in [6.45, 7) is -0.745. The van der Waals surface area contributed by atoms with Crippen LogP contribution in [-0.4, -0.2) is 36.1 Å². The molecular formula is C5H11N3O3. The van der Waals surface area contributed by atoms with Gasteiger partial charge in [-0.1, -0.05) is 0 Å². The number of nitrogens with two attached hydrogens (primary N) is 2. The van der Waals surface area contributed by atoms with Crippen molar-refractivity contribution >= 4 is 11.8 Å². The first-order valence-corrected chi connectivity index (χ1v) is 3.01. The molecule has 0 aliphatic heterocycles. The second-order valence-corrected chi connectivity index (χ2v) is 1.91. The van der Waals surface area contributed by atoms with E-state index in [2.05, 4.69) is 5.32 Å². The van der Waals surface area contributed by atoms with Gasteiger partial charge in [0.25, 0.3) is 0 Å². The second kappa shape index (κ2) is 4.64. The van der Waals surface area contributed by atoms with Crippen LogP contribution in [0.1, 0.15) is 0 Å².